The van der Waals surface area contributed by atoms with E-state index in [1.165, 1.54) is 18.0 Å². The highest BCUT2D eigenvalue weighted by Gasteiger charge is 2.22. The Morgan fingerprint density at radius 3 is 2.80 bits per heavy atom. The number of aromatic nitrogens is 4. The monoisotopic (exact) mass is 340 g/mol. The van der Waals surface area contributed by atoms with Crippen molar-refractivity contribution in [2.24, 2.45) is 5.92 Å². The van der Waals surface area contributed by atoms with Gasteiger partial charge in [0.05, 0.1) is 6.20 Å². The number of anilines is 1. The molecule has 2 aromatic rings. The van der Waals surface area contributed by atoms with Crippen molar-refractivity contribution in [1.29, 1.82) is 0 Å². The van der Waals surface area contributed by atoms with E-state index in [0.29, 0.717) is 18.2 Å². The van der Waals surface area contributed by atoms with Gasteiger partial charge in [-0.3, -0.25) is 9.78 Å². The first-order chi connectivity index (χ1) is 12.3. The molecule has 1 amide bonds. The maximum atomic E-state index is 12.1. The zero-order valence-electron chi connectivity index (χ0n) is 14.6. The molecule has 1 N–H and O–H groups in total. The lowest BCUT2D eigenvalue weighted by Gasteiger charge is -2.32. The van der Waals surface area contributed by atoms with Crippen LogP contribution in [-0.2, 0) is 6.42 Å². The quantitative estimate of drug-likeness (QED) is 0.864. The van der Waals surface area contributed by atoms with Gasteiger partial charge in [-0.25, -0.2) is 15.0 Å². The Balaban J connectivity index is 1.53. The summed E-state index contributed by atoms with van der Waals surface area (Å²) in [6.45, 7) is 4.59. The van der Waals surface area contributed by atoms with E-state index in [1.807, 2.05) is 12.4 Å². The van der Waals surface area contributed by atoms with Gasteiger partial charge in [-0.05, 0) is 30.7 Å². The van der Waals surface area contributed by atoms with Gasteiger partial charge in [-0.15, -0.1) is 0 Å². The van der Waals surface area contributed by atoms with Crippen LogP contribution >= 0.6 is 0 Å². The van der Waals surface area contributed by atoms with Crippen LogP contribution in [0.1, 0.15) is 42.2 Å². The van der Waals surface area contributed by atoms with Gasteiger partial charge in [0.2, 0.25) is 5.95 Å². The van der Waals surface area contributed by atoms with Gasteiger partial charge in [0.1, 0.15) is 5.69 Å². The van der Waals surface area contributed by atoms with Crippen LogP contribution in [0, 0.1) is 5.92 Å². The normalized spacial score (nSPS) is 17.3. The Morgan fingerprint density at radius 2 is 2.08 bits per heavy atom. The van der Waals surface area contributed by atoms with Crippen molar-refractivity contribution in [3.63, 3.8) is 0 Å². The molecule has 1 aliphatic heterocycles. The van der Waals surface area contributed by atoms with Crippen LogP contribution in [0.25, 0.3) is 0 Å². The van der Waals surface area contributed by atoms with Gasteiger partial charge < -0.3 is 10.2 Å². The second-order valence-corrected chi connectivity index (χ2v) is 6.40. The number of hydrogen-bond donors (Lipinski definition) is 1. The minimum atomic E-state index is -0.176. The van der Waals surface area contributed by atoms with E-state index in [1.54, 1.807) is 6.20 Å². The average Bonchev–Trinajstić information content (AvgIpc) is 2.68. The molecule has 7 heteroatoms. The van der Waals surface area contributed by atoms with Crippen molar-refractivity contribution in [1.82, 2.24) is 25.3 Å². The van der Waals surface area contributed by atoms with Crippen molar-refractivity contribution in [2.75, 3.05) is 24.5 Å². The third-order valence-electron chi connectivity index (χ3n) is 4.38. The molecule has 0 radical (unpaired) electrons. The predicted molar refractivity (Wildman–Crippen MR) is 95.3 cm³/mol. The van der Waals surface area contributed by atoms with Crippen molar-refractivity contribution in [2.45, 2.75) is 32.6 Å². The molecule has 1 fully saturated rings. The summed E-state index contributed by atoms with van der Waals surface area (Å²) in [6.07, 6.45) is 12.7. The van der Waals surface area contributed by atoms with Crippen molar-refractivity contribution >= 4 is 11.9 Å². The average molecular weight is 340 g/mol. The highest BCUT2D eigenvalue weighted by Crippen LogP contribution is 2.20. The fraction of sp³-hybridized carbons (Fsp3) is 0.500. The highest BCUT2D eigenvalue weighted by molar-refractivity contribution is 5.91. The molecule has 132 valence electrons. The Labute approximate surface area is 147 Å². The van der Waals surface area contributed by atoms with Crippen LogP contribution < -0.4 is 10.2 Å². The van der Waals surface area contributed by atoms with Gasteiger partial charge >= 0.3 is 0 Å². The zero-order chi connectivity index (χ0) is 17.5. The van der Waals surface area contributed by atoms with E-state index < -0.39 is 0 Å². The second-order valence-electron chi connectivity index (χ2n) is 6.40. The van der Waals surface area contributed by atoms with Gasteiger partial charge in [-0.2, -0.15) is 0 Å². The fourth-order valence-corrected chi connectivity index (χ4v) is 3.09. The molecule has 3 rings (SSSR count). The summed E-state index contributed by atoms with van der Waals surface area (Å²) in [4.78, 5) is 31.3. The van der Waals surface area contributed by atoms with E-state index in [2.05, 4.69) is 37.1 Å². The van der Waals surface area contributed by atoms with E-state index >= 15 is 0 Å². The standard InChI is InChI=1S/C18H24N6O/c1-2-4-14-9-22-18(23-10-14)24-8-3-5-15(13-24)11-21-17(25)16-12-19-6-7-20-16/h6-7,9-10,12,15H,2-5,8,11,13H2,1H3,(H,21,25). The Morgan fingerprint density at radius 1 is 1.24 bits per heavy atom. The topological polar surface area (TPSA) is 83.9 Å². The lowest BCUT2D eigenvalue weighted by Crippen LogP contribution is -2.41. The smallest absolute Gasteiger partial charge is 0.271 e. The van der Waals surface area contributed by atoms with Crippen molar-refractivity contribution in [3.8, 4) is 0 Å². The number of amides is 1. The van der Waals surface area contributed by atoms with Crippen LogP contribution in [0.2, 0.25) is 0 Å². The molecule has 0 saturated carbocycles. The summed E-state index contributed by atoms with van der Waals surface area (Å²) in [5, 5.41) is 2.96. The molecule has 25 heavy (non-hydrogen) atoms. The van der Waals surface area contributed by atoms with E-state index in [9.17, 15) is 4.79 Å². The molecule has 0 aliphatic carbocycles. The zero-order valence-corrected chi connectivity index (χ0v) is 14.6. The largest absolute Gasteiger partial charge is 0.350 e. The summed E-state index contributed by atoms with van der Waals surface area (Å²) in [5.41, 5.74) is 1.53. The molecule has 1 atom stereocenters. The Kier molecular flexibility index (Phi) is 5.87. The molecular formula is C18H24N6O. The summed E-state index contributed by atoms with van der Waals surface area (Å²) in [6, 6.07) is 0. The molecule has 7 nitrogen and oxygen atoms in total. The van der Waals surface area contributed by atoms with Gasteiger partial charge in [0.25, 0.3) is 5.91 Å². The Bertz CT molecular complexity index is 676. The molecule has 0 aromatic carbocycles. The summed E-state index contributed by atoms with van der Waals surface area (Å²) < 4.78 is 0. The number of carbonyl (C=O) groups excluding carboxylic acids is 1. The lowest BCUT2D eigenvalue weighted by molar-refractivity contribution is 0.0940. The van der Waals surface area contributed by atoms with Gasteiger partial charge in [0, 0.05) is 44.4 Å². The number of hydrogen-bond acceptors (Lipinski definition) is 6. The summed E-state index contributed by atoms with van der Waals surface area (Å²) >= 11 is 0. The molecule has 1 aliphatic rings. The molecule has 2 aromatic heterocycles. The minimum Gasteiger partial charge on any atom is -0.350 e. The van der Waals surface area contributed by atoms with E-state index in [0.717, 1.165) is 44.7 Å². The molecular weight excluding hydrogens is 316 g/mol. The first kappa shape index (κ1) is 17.3. The maximum Gasteiger partial charge on any atom is 0.271 e. The predicted octanol–water partition coefficient (Wildman–Crippen LogP) is 1.87. The molecule has 0 bridgehead atoms. The van der Waals surface area contributed by atoms with Gasteiger partial charge in [-0.1, -0.05) is 13.3 Å². The SMILES string of the molecule is CCCc1cnc(N2CCCC(CNC(=O)c3cnccn3)C2)nc1. The number of aryl methyl sites for hydroxylation is 1. The van der Waals surface area contributed by atoms with Crippen LogP contribution in [0.4, 0.5) is 5.95 Å². The number of piperidine rings is 1. The van der Waals surface area contributed by atoms with Crippen LogP contribution in [0.15, 0.2) is 31.0 Å². The number of rotatable bonds is 6. The maximum absolute atomic E-state index is 12.1. The number of nitrogens with one attached hydrogen (secondary N) is 1. The first-order valence-electron chi connectivity index (χ1n) is 8.86. The first-order valence-corrected chi connectivity index (χ1v) is 8.86. The van der Waals surface area contributed by atoms with Crippen LogP contribution in [0.3, 0.4) is 0 Å². The molecule has 1 unspecified atom stereocenters. The Hall–Kier alpha value is -2.57. The summed E-state index contributed by atoms with van der Waals surface area (Å²) in [5.74, 6) is 0.989. The highest BCUT2D eigenvalue weighted by atomic mass is 16.1. The van der Waals surface area contributed by atoms with Crippen molar-refractivity contribution in [3.05, 3.63) is 42.2 Å². The lowest BCUT2D eigenvalue weighted by atomic mass is 9.98. The number of nitrogens with zero attached hydrogens (tertiary/aromatic N) is 5. The van der Waals surface area contributed by atoms with Gasteiger partial charge in [0.15, 0.2) is 0 Å². The van der Waals surface area contributed by atoms with E-state index in [4.69, 9.17) is 0 Å². The van der Waals surface area contributed by atoms with Crippen LogP contribution in [0.5, 0.6) is 0 Å². The second kappa shape index (κ2) is 8.50. The van der Waals surface area contributed by atoms with E-state index in [-0.39, 0.29) is 5.91 Å². The molecule has 0 spiro atoms. The van der Waals surface area contributed by atoms with Crippen LogP contribution in [-0.4, -0.2) is 45.5 Å². The molecule has 1 saturated heterocycles. The number of carbonyl (C=O) groups is 1. The third-order valence-corrected chi connectivity index (χ3v) is 4.38. The molecule has 3 heterocycles. The third kappa shape index (κ3) is 4.71. The minimum absolute atomic E-state index is 0.176. The fourth-order valence-electron chi connectivity index (χ4n) is 3.09. The summed E-state index contributed by atoms with van der Waals surface area (Å²) in [7, 11) is 0. The van der Waals surface area contributed by atoms with Crippen molar-refractivity contribution < 1.29 is 4.79 Å².